The lowest BCUT2D eigenvalue weighted by Crippen LogP contribution is -2.22. The van der Waals surface area contributed by atoms with Gasteiger partial charge in [0.1, 0.15) is 0 Å². The van der Waals surface area contributed by atoms with E-state index in [0.29, 0.717) is 44.4 Å². The number of anilines is 3. The van der Waals surface area contributed by atoms with Crippen molar-refractivity contribution in [2.24, 2.45) is 0 Å². The van der Waals surface area contributed by atoms with Crippen molar-refractivity contribution in [3.8, 4) is 0 Å². The first-order valence-corrected chi connectivity index (χ1v) is 10.9. The molecule has 34 heavy (non-hydrogen) atoms. The number of hydrogen-bond acceptors (Lipinski definition) is 4. The van der Waals surface area contributed by atoms with Gasteiger partial charge in [-0.3, -0.25) is 14.4 Å². The molecule has 8 heteroatoms. The summed E-state index contributed by atoms with van der Waals surface area (Å²) in [5.41, 5.74) is 4.94. The van der Waals surface area contributed by atoms with Gasteiger partial charge in [0.25, 0.3) is 5.91 Å². The minimum Gasteiger partial charge on any atom is -0.481 e. The van der Waals surface area contributed by atoms with E-state index in [9.17, 15) is 19.5 Å². The lowest BCUT2D eigenvalue weighted by atomic mass is 9.98. The maximum Gasteiger partial charge on any atom is 0.307 e. The minimum atomic E-state index is -0.942. The Morgan fingerprint density at radius 3 is 2.47 bits per heavy atom. The molecule has 4 rings (SSSR count). The highest BCUT2D eigenvalue weighted by Crippen LogP contribution is 2.39. The topological polar surface area (TPSA) is 98.7 Å². The van der Waals surface area contributed by atoms with Crippen LogP contribution in [0.1, 0.15) is 23.6 Å². The van der Waals surface area contributed by atoms with Crippen molar-refractivity contribution < 1.29 is 19.5 Å². The number of amides is 2. The first-order valence-electron chi connectivity index (χ1n) is 10.5. The van der Waals surface area contributed by atoms with Crippen molar-refractivity contribution in [1.82, 2.24) is 0 Å². The molecule has 0 saturated carbocycles. The normalized spacial score (nSPS) is 13.7. The van der Waals surface area contributed by atoms with Crippen LogP contribution < -0.4 is 15.5 Å². The van der Waals surface area contributed by atoms with Crippen molar-refractivity contribution in [3.63, 3.8) is 0 Å². The van der Waals surface area contributed by atoms with Gasteiger partial charge in [-0.05, 0) is 53.6 Å². The van der Waals surface area contributed by atoms with Crippen LogP contribution in [0, 0.1) is 0 Å². The molecular formula is C26H22ClN3O4. The Morgan fingerprint density at radius 2 is 1.79 bits per heavy atom. The van der Waals surface area contributed by atoms with Gasteiger partial charge in [0.05, 0.1) is 23.4 Å². The predicted molar refractivity (Wildman–Crippen MR) is 134 cm³/mol. The number of carboxylic acids is 1. The number of benzene rings is 3. The van der Waals surface area contributed by atoms with Crippen LogP contribution in [0.2, 0.25) is 5.02 Å². The zero-order valence-electron chi connectivity index (χ0n) is 18.6. The van der Waals surface area contributed by atoms with E-state index in [2.05, 4.69) is 10.6 Å². The third-order valence-electron chi connectivity index (χ3n) is 5.54. The monoisotopic (exact) mass is 475 g/mol. The summed E-state index contributed by atoms with van der Waals surface area (Å²) in [5, 5.41) is 15.9. The van der Waals surface area contributed by atoms with Crippen LogP contribution >= 0.6 is 11.6 Å². The fourth-order valence-electron chi connectivity index (χ4n) is 3.78. The number of carboxylic acid groups (broad SMARTS) is 1. The second-order valence-electron chi connectivity index (χ2n) is 7.91. The Hall–Kier alpha value is -4.10. The fourth-order valence-corrected chi connectivity index (χ4v) is 3.95. The first-order chi connectivity index (χ1) is 16.2. The number of nitrogens with zero attached hydrogens (tertiary/aromatic N) is 1. The Kier molecular flexibility index (Phi) is 6.38. The van der Waals surface area contributed by atoms with E-state index in [1.54, 1.807) is 55.6 Å². The Balaban J connectivity index is 1.82. The highest BCUT2D eigenvalue weighted by Gasteiger charge is 2.28. The molecule has 0 atom stereocenters. The van der Waals surface area contributed by atoms with Gasteiger partial charge in [0.15, 0.2) is 0 Å². The Morgan fingerprint density at radius 1 is 1.06 bits per heavy atom. The highest BCUT2D eigenvalue weighted by atomic mass is 35.5. The summed E-state index contributed by atoms with van der Waals surface area (Å²) < 4.78 is 0. The summed E-state index contributed by atoms with van der Waals surface area (Å²) in [6.07, 6.45) is -0.138. The van der Waals surface area contributed by atoms with Crippen LogP contribution in [0.3, 0.4) is 0 Å². The molecule has 0 bridgehead atoms. The maximum absolute atomic E-state index is 13.0. The quantitative estimate of drug-likeness (QED) is 0.441. The molecule has 3 N–H and O–H groups in total. The van der Waals surface area contributed by atoms with E-state index in [4.69, 9.17) is 11.6 Å². The van der Waals surface area contributed by atoms with Gasteiger partial charge < -0.3 is 20.6 Å². The molecule has 0 aromatic heterocycles. The molecule has 3 aromatic rings. The molecule has 0 unspecified atom stereocenters. The maximum atomic E-state index is 13.0. The minimum absolute atomic E-state index is 0.0864. The summed E-state index contributed by atoms with van der Waals surface area (Å²) in [6.45, 7) is 1.49. The first kappa shape index (κ1) is 23.1. The van der Waals surface area contributed by atoms with Crippen molar-refractivity contribution in [3.05, 3.63) is 88.4 Å². The standard InChI is InChI=1S/C26H22ClN3O4/c1-15(31)30(2)20-9-7-19(8-10-20)28-25(17-5-3-4-16(12-17)13-23(32)33)24-21-11-6-18(27)14-22(21)29-26(24)34/h3-12,14,28H,13H2,1-2H3,(H,29,34)(H,32,33)/b25-24-. The van der Waals surface area contributed by atoms with E-state index in [1.165, 1.54) is 11.8 Å². The van der Waals surface area contributed by atoms with Gasteiger partial charge in [0.2, 0.25) is 5.91 Å². The van der Waals surface area contributed by atoms with Gasteiger partial charge in [-0.2, -0.15) is 0 Å². The lowest BCUT2D eigenvalue weighted by Gasteiger charge is -2.18. The Bertz CT molecular complexity index is 1330. The largest absolute Gasteiger partial charge is 0.481 e. The number of carbonyl (C=O) groups excluding carboxylic acids is 2. The molecule has 172 valence electrons. The SMILES string of the molecule is CC(=O)N(C)c1ccc(N/C(=C2\C(=O)Nc3cc(Cl)ccc32)c2cccc(CC(=O)O)c2)cc1. The van der Waals surface area contributed by atoms with Gasteiger partial charge in [0, 0.05) is 35.9 Å². The molecule has 7 nitrogen and oxygen atoms in total. The molecule has 1 aliphatic heterocycles. The summed E-state index contributed by atoms with van der Waals surface area (Å²) >= 11 is 6.11. The average molecular weight is 476 g/mol. The molecule has 2 amide bonds. The number of fused-ring (bicyclic) bond motifs is 1. The Labute approximate surface area is 201 Å². The molecule has 0 aliphatic carbocycles. The molecule has 3 aromatic carbocycles. The summed E-state index contributed by atoms with van der Waals surface area (Å²) in [6, 6.07) is 19.5. The van der Waals surface area contributed by atoms with Crippen molar-refractivity contribution in [2.45, 2.75) is 13.3 Å². The molecule has 0 spiro atoms. The molecule has 1 heterocycles. The number of nitrogens with one attached hydrogen (secondary N) is 2. The molecular weight excluding hydrogens is 454 g/mol. The van der Waals surface area contributed by atoms with Gasteiger partial charge >= 0.3 is 5.97 Å². The second kappa shape index (κ2) is 9.41. The fraction of sp³-hybridized carbons (Fsp3) is 0.115. The third kappa shape index (κ3) is 4.79. The number of aliphatic carboxylic acids is 1. The van der Waals surface area contributed by atoms with Crippen LogP contribution in [0.25, 0.3) is 11.3 Å². The van der Waals surface area contributed by atoms with Crippen molar-refractivity contribution >= 4 is 57.7 Å². The number of carbonyl (C=O) groups is 3. The summed E-state index contributed by atoms with van der Waals surface area (Å²) in [7, 11) is 1.69. The zero-order chi connectivity index (χ0) is 24.4. The van der Waals surface area contributed by atoms with E-state index in [1.807, 2.05) is 18.2 Å². The number of rotatable bonds is 6. The second-order valence-corrected chi connectivity index (χ2v) is 8.35. The van der Waals surface area contributed by atoms with E-state index in [-0.39, 0.29) is 18.2 Å². The van der Waals surface area contributed by atoms with Crippen LogP contribution in [0.15, 0.2) is 66.7 Å². The third-order valence-corrected chi connectivity index (χ3v) is 5.78. The van der Waals surface area contributed by atoms with E-state index in [0.717, 1.165) is 5.69 Å². The van der Waals surface area contributed by atoms with Gasteiger partial charge in [-0.15, -0.1) is 0 Å². The van der Waals surface area contributed by atoms with E-state index < -0.39 is 5.97 Å². The smallest absolute Gasteiger partial charge is 0.307 e. The van der Waals surface area contributed by atoms with Crippen molar-refractivity contribution in [1.29, 1.82) is 0 Å². The predicted octanol–water partition coefficient (Wildman–Crippen LogP) is 4.88. The molecule has 0 radical (unpaired) electrons. The summed E-state index contributed by atoms with van der Waals surface area (Å²) in [4.78, 5) is 37.5. The van der Waals surface area contributed by atoms with Gasteiger partial charge in [-0.25, -0.2) is 0 Å². The zero-order valence-corrected chi connectivity index (χ0v) is 19.3. The van der Waals surface area contributed by atoms with Crippen LogP contribution in [-0.2, 0) is 20.8 Å². The number of hydrogen-bond donors (Lipinski definition) is 3. The molecule has 1 aliphatic rings. The molecule has 0 fully saturated rings. The van der Waals surface area contributed by atoms with Crippen LogP contribution in [0.5, 0.6) is 0 Å². The van der Waals surface area contributed by atoms with E-state index >= 15 is 0 Å². The van der Waals surface area contributed by atoms with Crippen LogP contribution in [-0.4, -0.2) is 29.9 Å². The summed E-state index contributed by atoms with van der Waals surface area (Å²) in [5.74, 6) is -1.32. The van der Waals surface area contributed by atoms with Gasteiger partial charge in [-0.1, -0.05) is 35.9 Å². The highest BCUT2D eigenvalue weighted by molar-refractivity contribution is 6.38. The molecule has 0 saturated heterocycles. The van der Waals surface area contributed by atoms with Crippen molar-refractivity contribution in [2.75, 3.05) is 22.6 Å². The van der Waals surface area contributed by atoms with Crippen LogP contribution in [0.4, 0.5) is 17.1 Å². The lowest BCUT2D eigenvalue weighted by molar-refractivity contribution is -0.136. The number of halogens is 1. The average Bonchev–Trinajstić information content (AvgIpc) is 3.11.